The number of hydrogen-bond acceptors (Lipinski definition) is 5. The standard InChI is InChI=1S/C17H15ClN2O5/c1-11(14-4-2-3-5-15(14)18)19-17(22)10-25-16-7-6-13(20(23)24)8-12(16)9-21/h2-9,11H,10H2,1H3,(H,19,22)/t11-/m1/s1. The van der Waals surface area contributed by atoms with Crippen LogP contribution in [0.5, 0.6) is 5.75 Å². The molecule has 0 saturated carbocycles. The van der Waals surface area contributed by atoms with Crippen LogP contribution in [0.4, 0.5) is 5.69 Å². The largest absolute Gasteiger partial charge is 0.483 e. The number of nitrogens with one attached hydrogen (secondary N) is 1. The Labute approximate surface area is 148 Å². The quantitative estimate of drug-likeness (QED) is 0.463. The van der Waals surface area contributed by atoms with Crippen LogP contribution in [0.25, 0.3) is 0 Å². The number of aldehydes is 1. The van der Waals surface area contributed by atoms with Crippen LogP contribution in [-0.2, 0) is 4.79 Å². The van der Waals surface area contributed by atoms with Crippen molar-refractivity contribution < 1.29 is 19.2 Å². The lowest BCUT2D eigenvalue weighted by Crippen LogP contribution is -2.31. The first-order valence-corrected chi connectivity index (χ1v) is 7.70. The van der Waals surface area contributed by atoms with Gasteiger partial charge in [-0.2, -0.15) is 0 Å². The molecule has 7 nitrogen and oxygen atoms in total. The zero-order valence-corrected chi connectivity index (χ0v) is 14.0. The number of amides is 1. The van der Waals surface area contributed by atoms with Gasteiger partial charge in [0.2, 0.25) is 0 Å². The lowest BCUT2D eigenvalue weighted by molar-refractivity contribution is -0.384. The fourth-order valence-electron chi connectivity index (χ4n) is 2.20. The van der Waals surface area contributed by atoms with E-state index in [4.69, 9.17) is 16.3 Å². The zero-order chi connectivity index (χ0) is 18.4. The molecule has 0 unspecified atom stereocenters. The molecule has 0 aliphatic heterocycles. The van der Waals surface area contributed by atoms with Gasteiger partial charge in [0.15, 0.2) is 12.9 Å². The second-order valence-electron chi connectivity index (χ2n) is 5.20. The van der Waals surface area contributed by atoms with Gasteiger partial charge in [-0.25, -0.2) is 0 Å². The molecule has 0 bridgehead atoms. The summed E-state index contributed by atoms with van der Waals surface area (Å²) in [4.78, 5) is 33.1. The fourth-order valence-corrected chi connectivity index (χ4v) is 2.50. The van der Waals surface area contributed by atoms with Crippen molar-refractivity contribution in [2.24, 2.45) is 0 Å². The second-order valence-corrected chi connectivity index (χ2v) is 5.60. The highest BCUT2D eigenvalue weighted by molar-refractivity contribution is 6.31. The molecular weight excluding hydrogens is 348 g/mol. The maximum Gasteiger partial charge on any atom is 0.270 e. The maximum absolute atomic E-state index is 12.0. The molecule has 1 atom stereocenters. The summed E-state index contributed by atoms with van der Waals surface area (Å²) in [5.74, 6) is -0.316. The van der Waals surface area contributed by atoms with Gasteiger partial charge in [0.05, 0.1) is 16.5 Å². The number of halogens is 1. The van der Waals surface area contributed by atoms with Gasteiger partial charge in [0, 0.05) is 17.2 Å². The lowest BCUT2D eigenvalue weighted by atomic mass is 10.1. The molecule has 2 rings (SSSR count). The van der Waals surface area contributed by atoms with Gasteiger partial charge < -0.3 is 10.1 Å². The molecule has 130 valence electrons. The van der Waals surface area contributed by atoms with Gasteiger partial charge in [-0.3, -0.25) is 19.7 Å². The van der Waals surface area contributed by atoms with Gasteiger partial charge in [-0.05, 0) is 24.6 Å². The third-order valence-electron chi connectivity index (χ3n) is 3.44. The summed E-state index contributed by atoms with van der Waals surface area (Å²) in [5.41, 5.74) is 0.536. The van der Waals surface area contributed by atoms with E-state index in [2.05, 4.69) is 5.32 Å². The number of non-ortho nitro benzene ring substituents is 1. The van der Waals surface area contributed by atoms with Crippen molar-refractivity contribution in [1.29, 1.82) is 0 Å². The van der Waals surface area contributed by atoms with Crippen LogP contribution in [-0.4, -0.2) is 23.7 Å². The van der Waals surface area contributed by atoms with E-state index in [0.717, 1.165) is 11.6 Å². The van der Waals surface area contributed by atoms with Crippen LogP contribution >= 0.6 is 11.6 Å². The Morgan fingerprint density at radius 2 is 2.08 bits per heavy atom. The van der Waals surface area contributed by atoms with Crippen LogP contribution in [0.1, 0.15) is 28.9 Å². The van der Waals surface area contributed by atoms with Crippen molar-refractivity contribution in [1.82, 2.24) is 5.32 Å². The van der Waals surface area contributed by atoms with Gasteiger partial charge in [-0.15, -0.1) is 0 Å². The SMILES string of the molecule is C[C@@H](NC(=O)COc1ccc([N+](=O)[O-])cc1C=O)c1ccccc1Cl. The van der Waals surface area contributed by atoms with E-state index in [-0.39, 0.29) is 29.6 Å². The Hall–Kier alpha value is -2.93. The maximum atomic E-state index is 12.0. The lowest BCUT2D eigenvalue weighted by Gasteiger charge is -2.16. The number of nitro groups is 1. The first kappa shape index (κ1) is 18.4. The number of ether oxygens (including phenoxy) is 1. The van der Waals surface area contributed by atoms with Crippen molar-refractivity contribution in [2.75, 3.05) is 6.61 Å². The number of nitrogens with zero attached hydrogens (tertiary/aromatic N) is 1. The van der Waals surface area contributed by atoms with Crippen molar-refractivity contribution in [3.8, 4) is 5.75 Å². The molecule has 0 aliphatic rings. The van der Waals surface area contributed by atoms with E-state index in [1.807, 2.05) is 6.07 Å². The second kappa shape index (κ2) is 8.25. The average molecular weight is 363 g/mol. The molecule has 0 heterocycles. The first-order chi connectivity index (χ1) is 11.9. The van der Waals surface area contributed by atoms with Crippen LogP contribution in [0, 0.1) is 10.1 Å². The minimum atomic E-state index is -0.616. The van der Waals surface area contributed by atoms with E-state index >= 15 is 0 Å². The number of nitro benzene ring substituents is 1. The molecule has 0 fully saturated rings. The highest BCUT2D eigenvalue weighted by atomic mass is 35.5. The summed E-state index contributed by atoms with van der Waals surface area (Å²) in [6.07, 6.45) is 0.437. The minimum absolute atomic E-state index is 0.00107. The highest BCUT2D eigenvalue weighted by Crippen LogP contribution is 2.24. The molecule has 0 aromatic heterocycles. The molecule has 8 heteroatoms. The molecule has 25 heavy (non-hydrogen) atoms. The molecule has 1 N–H and O–H groups in total. The smallest absolute Gasteiger partial charge is 0.270 e. The third kappa shape index (κ3) is 4.77. The Kier molecular flexibility index (Phi) is 6.08. The third-order valence-corrected chi connectivity index (χ3v) is 3.78. The number of benzene rings is 2. The summed E-state index contributed by atoms with van der Waals surface area (Å²) >= 11 is 6.08. The van der Waals surface area contributed by atoms with E-state index < -0.39 is 10.8 Å². The molecule has 0 radical (unpaired) electrons. The topological polar surface area (TPSA) is 98.5 Å². The van der Waals surface area contributed by atoms with Gasteiger partial charge in [-0.1, -0.05) is 29.8 Å². The van der Waals surface area contributed by atoms with Crippen molar-refractivity contribution in [3.63, 3.8) is 0 Å². The van der Waals surface area contributed by atoms with Crippen molar-refractivity contribution in [3.05, 3.63) is 68.7 Å². The summed E-state index contributed by atoms with van der Waals surface area (Å²) in [6.45, 7) is 1.44. The van der Waals surface area contributed by atoms with E-state index in [1.54, 1.807) is 25.1 Å². The predicted molar refractivity (Wildman–Crippen MR) is 92.0 cm³/mol. The van der Waals surface area contributed by atoms with Gasteiger partial charge in [0.25, 0.3) is 11.6 Å². The summed E-state index contributed by atoms with van der Waals surface area (Å²) in [7, 11) is 0. The molecule has 2 aromatic rings. The predicted octanol–water partition coefficient (Wildman–Crippen LogP) is 3.32. The minimum Gasteiger partial charge on any atom is -0.483 e. The fraction of sp³-hybridized carbons (Fsp3) is 0.176. The number of rotatable bonds is 7. The molecule has 1 amide bonds. The van der Waals surface area contributed by atoms with Crippen LogP contribution < -0.4 is 10.1 Å². The summed E-state index contributed by atoms with van der Waals surface area (Å²) in [5, 5.41) is 14.0. The molecule has 0 saturated heterocycles. The van der Waals surface area contributed by atoms with Gasteiger partial charge >= 0.3 is 0 Å². The highest BCUT2D eigenvalue weighted by Gasteiger charge is 2.15. The Bertz CT molecular complexity index is 809. The molecule has 0 aliphatic carbocycles. The Balaban J connectivity index is 1.99. The first-order valence-electron chi connectivity index (χ1n) is 7.32. The average Bonchev–Trinajstić information content (AvgIpc) is 2.59. The normalized spacial score (nSPS) is 11.4. The van der Waals surface area contributed by atoms with Crippen LogP contribution in [0.2, 0.25) is 5.02 Å². The van der Waals surface area contributed by atoms with Crippen molar-refractivity contribution in [2.45, 2.75) is 13.0 Å². The zero-order valence-electron chi connectivity index (χ0n) is 13.3. The van der Waals surface area contributed by atoms with Gasteiger partial charge in [0.1, 0.15) is 5.75 Å². The van der Waals surface area contributed by atoms with E-state index in [1.165, 1.54) is 12.1 Å². The van der Waals surface area contributed by atoms with Crippen LogP contribution in [0.3, 0.4) is 0 Å². The summed E-state index contributed by atoms with van der Waals surface area (Å²) in [6, 6.07) is 10.4. The van der Waals surface area contributed by atoms with E-state index in [9.17, 15) is 19.7 Å². The van der Waals surface area contributed by atoms with Crippen LogP contribution in [0.15, 0.2) is 42.5 Å². The number of carbonyl (C=O) groups is 2. The van der Waals surface area contributed by atoms with E-state index in [0.29, 0.717) is 11.3 Å². The molecular formula is C17H15ClN2O5. The Morgan fingerprint density at radius 3 is 2.72 bits per heavy atom. The van der Waals surface area contributed by atoms with Crippen molar-refractivity contribution >= 4 is 29.5 Å². The number of hydrogen-bond donors (Lipinski definition) is 1. The number of carbonyl (C=O) groups excluding carboxylic acids is 2. The monoisotopic (exact) mass is 362 g/mol. The molecule has 2 aromatic carbocycles. The molecule has 0 spiro atoms. The summed E-state index contributed by atoms with van der Waals surface area (Å²) < 4.78 is 5.29. The Morgan fingerprint density at radius 1 is 1.36 bits per heavy atom.